The molecule has 0 heterocycles. The molecular formula is H9ClNa8. The summed E-state index contributed by atoms with van der Waals surface area (Å²) in [6, 6.07) is 0. The quantitative estimate of drug-likeness (QED) is 0.361. The zero-order valence-corrected chi connectivity index (χ0v) is 25.2. The van der Waals surface area contributed by atoms with Gasteiger partial charge >= 0.3 is 236 Å². The van der Waals surface area contributed by atoms with Gasteiger partial charge in [0, 0.05) is 0 Å². The van der Waals surface area contributed by atoms with Crippen molar-refractivity contribution in [3.63, 3.8) is 0 Å². The van der Waals surface area contributed by atoms with Crippen molar-refractivity contribution in [3.05, 3.63) is 0 Å². The van der Waals surface area contributed by atoms with Crippen molar-refractivity contribution >= 4 is 12.4 Å². The second kappa shape index (κ2) is 55.4. The van der Waals surface area contributed by atoms with E-state index in [1.165, 1.54) is 0 Å². The molecule has 0 aliphatic rings. The Hall–Kier alpha value is 8.29. The van der Waals surface area contributed by atoms with Gasteiger partial charge in [0.25, 0.3) is 0 Å². The Morgan fingerprint density at radius 1 is 0.333 bits per heavy atom. The first-order chi connectivity index (χ1) is 0. The van der Waals surface area contributed by atoms with Crippen LogP contribution < -0.4 is 236 Å². The monoisotopic (exact) mass is 228 g/mol. The summed E-state index contributed by atoms with van der Waals surface area (Å²) in [7, 11) is 0. The summed E-state index contributed by atoms with van der Waals surface area (Å²) in [6.45, 7) is 0. The number of rotatable bonds is 0. The molecule has 0 bridgehead atoms. The Balaban J connectivity index is 0. The van der Waals surface area contributed by atoms with E-state index >= 15 is 0 Å². The number of halogens is 1. The maximum atomic E-state index is 0. The smallest absolute Gasteiger partial charge is 1.00 e. The van der Waals surface area contributed by atoms with E-state index in [0.29, 0.717) is 0 Å². The summed E-state index contributed by atoms with van der Waals surface area (Å²) >= 11 is 0. The SMILES string of the molecule is Cl.[H-].[H-].[H-].[H-].[H-].[H-].[H-].[H-].[Na+].[Na+].[Na+].[Na+].[Na+].[Na+].[Na+].[Na+]. The third-order valence-electron chi connectivity index (χ3n) is 0. The van der Waals surface area contributed by atoms with Gasteiger partial charge in [0.05, 0.1) is 0 Å². The van der Waals surface area contributed by atoms with Crippen LogP contribution in [0.1, 0.15) is 11.4 Å². The van der Waals surface area contributed by atoms with Gasteiger partial charge in [-0.1, -0.05) is 0 Å². The van der Waals surface area contributed by atoms with Crippen LogP contribution in [0.4, 0.5) is 0 Å². The second-order valence-electron chi connectivity index (χ2n) is 0. The van der Waals surface area contributed by atoms with Crippen LogP contribution in [0, 0.1) is 0 Å². The summed E-state index contributed by atoms with van der Waals surface area (Å²) in [5.41, 5.74) is 0. The molecule has 0 fully saturated rings. The van der Waals surface area contributed by atoms with E-state index in [1.54, 1.807) is 0 Å². The fourth-order valence-electron chi connectivity index (χ4n) is 0. The summed E-state index contributed by atoms with van der Waals surface area (Å²) in [5.74, 6) is 0. The van der Waals surface area contributed by atoms with Crippen LogP contribution in [-0.4, -0.2) is 0 Å². The zero-order valence-electron chi connectivity index (χ0n) is 16.4. The van der Waals surface area contributed by atoms with Gasteiger partial charge in [0.2, 0.25) is 0 Å². The molecule has 0 rings (SSSR count). The van der Waals surface area contributed by atoms with Crippen LogP contribution in [0.25, 0.3) is 0 Å². The first-order valence-electron chi connectivity index (χ1n) is 0. The molecule has 9 heavy (non-hydrogen) atoms. The van der Waals surface area contributed by atoms with E-state index in [0.717, 1.165) is 0 Å². The van der Waals surface area contributed by atoms with Crippen molar-refractivity contribution in [2.24, 2.45) is 0 Å². The average molecular weight is 228 g/mol. The Kier molecular flexibility index (Phi) is 411. The minimum Gasteiger partial charge on any atom is -1.00 e. The van der Waals surface area contributed by atoms with Crippen LogP contribution in [0.2, 0.25) is 0 Å². The topological polar surface area (TPSA) is 0 Å². The first kappa shape index (κ1) is 66.8. The molecule has 0 atom stereocenters. The Morgan fingerprint density at radius 3 is 0.333 bits per heavy atom. The molecule has 0 aliphatic heterocycles. The molecule has 0 amide bonds. The molecule has 0 aromatic heterocycles. The predicted molar refractivity (Wildman–Crippen MR) is 16.1 cm³/mol. The van der Waals surface area contributed by atoms with E-state index in [9.17, 15) is 0 Å². The van der Waals surface area contributed by atoms with E-state index in [4.69, 9.17) is 0 Å². The molecule has 0 unspecified atom stereocenters. The average Bonchev–Trinajstić information content (AvgIpc) is 0. The van der Waals surface area contributed by atoms with E-state index in [-0.39, 0.29) is 260 Å². The number of hydrogen-bond donors (Lipinski definition) is 0. The zero-order chi connectivity index (χ0) is 0. The molecule has 0 aromatic rings. The van der Waals surface area contributed by atoms with Gasteiger partial charge in [-0.3, -0.25) is 0 Å². The van der Waals surface area contributed by atoms with Gasteiger partial charge in [-0.05, 0) is 0 Å². The van der Waals surface area contributed by atoms with Gasteiger partial charge < -0.3 is 11.4 Å². The van der Waals surface area contributed by atoms with Gasteiger partial charge in [0.15, 0.2) is 0 Å². The molecule has 0 radical (unpaired) electrons. The fourth-order valence-corrected chi connectivity index (χ4v) is 0. The molecule has 0 N–H and O–H groups in total. The van der Waals surface area contributed by atoms with Crippen LogP contribution in [0.5, 0.6) is 0 Å². The normalized spacial score (nSPS) is 0. The Labute approximate surface area is 253 Å². The van der Waals surface area contributed by atoms with Crippen molar-refractivity contribution in [1.82, 2.24) is 0 Å². The van der Waals surface area contributed by atoms with Gasteiger partial charge in [0.1, 0.15) is 0 Å². The largest absolute Gasteiger partial charge is 1.00 e. The molecule has 0 saturated heterocycles. The summed E-state index contributed by atoms with van der Waals surface area (Å²) in [4.78, 5) is 0. The minimum absolute atomic E-state index is 0. The summed E-state index contributed by atoms with van der Waals surface area (Å²) in [6.07, 6.45) is 0. The standard InChI is InChI=1S/ClH.8Na.8H/h1H;;;;;;;;;;;;;;;;/q;8*+1;8*-1. The predicted octanol–water partition coefficient (Wildman–Crippen LogP) is -22.6. The van der Waals surface area contributed by atoms with Crippen molar-refractivity contribution in [2.75, 3.05) is 0 Å². The van der Waals surface area contributed by atoms with Crippen molar-refractivity contribution in [1.29, 1.82) is 0 Å². The molecule has 0 nitrogen and oxygen atoms in total. The summed E-state index contributed by atoms with van der Waals surface area (Å²) < 4.78 is 0. The molecule has 9 heteroatoms. The Bertz CT molecular complexity index is 21.5. The summed E-state index contributed by atoms with van der Waals surface area (Å²) in [5, 5.41) is 0. The van der Waals surface area contributed by atoms with Crippen LogP contribution in [0.3, 0.4) is 0 Å². The van der Waals surface area contributed by atoms with Gasteiger partial charge in [-0.15, -0.1) is 12.4 Å². The first-order valence-corrected chi connectivity index (χ1v) is 0. The third-order valence-corrected chi connectivity index (χ3v) is 0. The van der Waals surface area contributed by atoms with E-state index in [2.05, 4.69) is 0 Å². The number of hydrogen-bond acceptors (Lipinski definition) is 0. The van der Waals surface area contributed by atoms with Gasteiger partial charge in [-0.2, -0.15) is 0 Å². The molecule has 24 valence electrons. The van der Waals surface area contributed by atoms with Crippen molar-refractivity contribution < 1.29 is 248 Å². The maximum absolute atomic E-state index is 0. The molecule has 0 aromatic carbocycles. The molecule has 0 aliphatic carbocycles. The minimum atomic E-state index is 0. The molecule has 0 saturated carbocycles. The van der Waals surface area contributed by atoms with E-state index in [1.807, 2.05) is 0 Å². The third kappa shape index (κ3) is 48.4. The van der Waals surface area contributed by atoms with Crippen molar-refractivity contribution in [3.8, 4) is 0 Å². The fraction of sp³-hybridized carbons (Fsp3) is 0. The maximum Gasteiger partial charge on any atom is 1.00 e. The van der Waals surface area contributed by atoms with E-state index < -0.39 is 0 Å². The molecular weight excluding hydrogens is 219 g/mol. The Morgan fingerprint density at radius 2 is 0.333 bits per heavy atom. The second-order valence-corrected chi connectivity index (χ2v) is 0. The van der Waals surface area contributed by atoms with Crippen LogP contribution in [0.15, 0.2) is 0 Å². The van der Waals surface area contributed by atoms with Crippen LogP contribution in [-0.2, 0) is 0 Å². The molecule has 0 spiro atoms. The van der Waals surface area contributed by atoms with Crippen LogP contribution >= 0.6 is 12.4 Å². The van der Waals surface area contributed by atoms with Gasteiger partial charge in [-0.25, -0.2) is 0 Å². The van der Waals surface area contributed by atoms with Crippen molar-refractivity contribution in [2.45, 2.75) is 0 Å².